The molecule has 1 amide bonds. The van der Waals surface area contributed by atoms with Gasteiger partial charge in [-0.15, -0.1) is 0 Å². The van der Waals surface area contributed by atoms with Gasteiger partial charge in [-0.05, 0) is 31.9 Å². The van der Waals surface area contributed by atoms with Crippen LogP contribution in [0.4, 0.5) is 5.69 Å². The number of guanidine groups is 1. The fraction of sp³-hybridized carbons (Fsp3) is 0.619. The van der Waals surface area contributed by atoms with Gasteiger partial charge >= 0.3 is 0 Å². The van der Waals surface area contributed by atoms with E-state index in [2.05, 4.69) is 44.8 Å². The van der Waals surface area contributed by atoms with Gasteiger partial charge in [-0.3, -0.25) is 9.79 Å². The Balaban J connectivity index is 1.59. The van der Waals surface area contributed by atoms with Crippen LogP contribution >= 0.6 is 0 Å². The molecule has 1 aliphatic rings. The molecule has 0 aromatic heterocycles. The second kappa shape index (κ2) is 13.0. The maximum absolute atomic E-state index is 12.5. The largest absolute Gasteiger partial charge is 0.382 e. The maximum Gasteiger partial charge on any atom is 0.224 e. The predicted molar refractivity (Wildman–Crippen MR) is 115 cm³/mol. The molecule has 0 radical (unpaired) electrons. The van der Waals surface area contributed by atoms with Gasteiger partial charge in [0.2, 0.25) is 5.91 Å². The summed E-state index contributed by atoms with van der Waals surface area (Å²) >= 11 is 0. The SMILES string of the molecule is CCOCCCCNC(=NC)NCCC(=O)N1CCN(c2ccccc2)CC1. The van der Waals surface area contributed by atoms with Crippen LogP contribution in [0.3, 0.4) is 0 Å². The van der Waals surface area contributed by atoms with Gasteiger partial charge in [0.05, 0.1) is 0 Å². The van der Waals surface area contributed by atoms with E-state index < -0.39 is 0 Å². The van der Waals surface area contributed by atoms with E-state index >= 15 is 0 Å². The fourth-order valence-electron chi connectivity index (χ4n) is 3.20. The minimum atomic E-state index is 0.201. The van der Waals surface area contributed by atoms with Crippen molar-refractivity contribution in [1.82, 2.24) is 15.5 Å². The zero-order valence-electron chi connectivity index (χ0n) is 17.3. The Labute approximate surface area is 169 Å². The zero-order chi connectivity index (χ0) is 20.0. The Hall–Kier alpha value is -2.28. The molecule has 2 N–H and O–H groups in total. The number of hydrogen-bond donors (Lipinski definition) is 2. The summed E-state index contributed by atoms with van der Waals surface area (Å²) in [5.41, 5.74) is 1.23. The van der Waals surface area contributed by atoms with Crippen molar-refractivity contribution in [3.05, 3.63) is 30.3 Å². The lowest BCUT2D eigenvalue weighted by Crippen LogP contribution is -2.49. The van der Waals surface area contributed by atoms with Crippen molar-refractivity contribution in [3.63, 3.8) is 0 Å². The lowest BCUT2D eigenvalue weighted by Gasteiger charge is -2.36. The summed E-state index contributed by atoms with van der Waals surface area (Å²) in [6.07, 6.45) is 2.55. The average Bonchev–Trinajstić information content (AvgIpc) is 2.75. The van der Waals surface area contributed by atoms with Crippen LogP contribution in [0.5, 0.6) is 0 Å². The van der Waals surface area contributed by atoms with Gasteiger partial charge in [0, 0.05) is 71.6 Å². The highest BCUT2D eigenvalue weighted by Crippen LogP contribution is 2.15. The molecule has 2 rings (SSSR count). The van der Waals surface area contributed by atoms with Gasteiger partial charge in [-0.1, -0.05) is 18.2 Å². The van der Waals surface area contributed by atoms with Crippen LogP contribution in [0.1, 0.15) is 26.2 Å². The molecule has 7 heteroatoms. The number of anilines is 1. The Morgan fingerprint density at radius 2 is 1.79 bits per heavy atom. The summed E-state index contributed by atoms with van der Waals surface area (Å²) in [7, 11) is 1.75. The topological polar surface area (TPSA) is 69.2 Å². The molecule has 1 aromatic carbocycles. The highest BCUT2D eigenvalue weighted by molar-refractivity contribution is 5.81. The van der Waals surface area contributed by atoms with E-state index in [1.54, 1.807) is 7.05 Å². The summed E-state index contributed by atoms with van der Waals surface area (Å²) in [5.74, 6) is 0.950. The quantitative estimate of drug-likeness (QED) is 0.362. The fourth-order valence-corrected chi connectivity index (χ4v) is 3.20. The first-order valence-corrected chi connectivity index (χ1v) is 10.3. The minimum Gasteiger partial charge on any atom is -0.382 e. The lowest BCUT2D eigenvalue weighted by molar-refractivity contribution is -0.131. The summed E-state index contributed by atoms with van der Waals surface area (Å²) in [6, 6.07) is 10.4. The van der Waals surface area contributed by atoms with Gasteiger partial charge in [0.15, 0.2) is 5.96 Å². The molecule has 28 heavy (non-hydrogen) atoms. The zero-order valence-corrected chi connectivity index (χ0v) is 17.3. The van der Waals surface area contributed by atoms with Crippen LogP contribution in [-0.2, 0) is 9.53 Å². The summed E-state index contributed by atoms with van der Waals surface area (Å²) in [6.45, 7) is 8.35. The van der Waals surface area contributed by atoms with Crippen LogP contribution in [0.2, 0.25) is 0 Å². The number of benzene rings is 1. The van der Waals surface area contributed by atoms with Crippen molar-refractivity contribution >= 4 is 17.6 Å². The number of carbonyl (C=O) groups excluding carboxylic acids is 1. The van der Waals surface area contributed by atoms with Crippen LogP contribution in [0.25, 0.3) is 0 Å². The van der Waals surface area contributed by atoms with Crippen molar-refractivity contribution in [2.75, 3.05) is 64.4 Å². The number of hydrogen-bond acceptors (Lipinski definition) is 4. The average molecular weight is 390 g/mol. The van der Waals surface area contributed by atoms with Crippen molar-refractivity contribution in [1.29, 1.82) is 0 Å². The molecular formula is C21H35N5O2. The molecular weight excluding hydrogens is 354 g/mol. The number of unbranched alkanes of at least 4 members (excludes halogenated alkanes) is 1. The molecule has 0 atom stereocenters. The summed E-state index contributed by atoms with van der Waals surface area (Å²) in [5, 5.41) is 6.50. The number of piperazine rings is 1. The van der Waals surface area contributed by atoms with Gasteiger partial charge in [-0.2, -0.15) is 0 Å². The highest BCUT2D eigenvalue weighted by atomic mass is 16.5. The molecule has 0 spiro atoms. The van der Waals surface area contributed by atoms with Gasteiger partial charge in [-0.25, -0.2) is 0 Å². The van der Waals surface area contributed by atoms with Gasteiger partial charge in [0.25, 0.3) is 0 Å². The third-order valence-electron chi connectivity index (χ3n) is 4.82. The molecule has 7 nitrogen and oxygen atoms in total. The summed E-state index contributed by atoms with van der Waals surface area (Å²) in [4.78, 5) is 21.0. The molecule has 1 aliphatic heterocycles. The molecule has 0 bridgehead atoms. The molecule has 1 heterocycles. The molecule has 0 unspecified atom stereocenters. The first-order chi connectivity index (χ1) is 13.7. The molecule has 0 aliphatic carbocycles. The molecule has 1 fully saturated rings. The number of carbonyl (C=O) groups is 1. The van der Waals surface area contributed by atoms with E-state index in [4.69, 9.17) is 4.74 Å². The number of rotatable bonds is 10. The van der Waals surface area contributed by atoms with Crippen LogP contribution < -0.4 is 15.5 Å². The van der Waals surface area contributed by atoms with Crippen LogP contribution in [0.15, 0.2) is 35.3 Å². The monoisotopic (exact) mass is 389 g/mol. The lowest BCUT2D eigenvalue weighted by atomic mass is 10.2. The third kappa shape index (κ3) is 7.76. The van der Waals surface area contributed by atoms with E-state index in [1.807, 2.05) is 17.9 Å². The number of ether oxygens (including phenoxy) is 1. The van der Waals surface area contributed by atoms with E-state index in [9.17, 15) is 4.79 Å². The first-order valence-electron chi connectivity index (χ1n) is 10.3. The standard InChI is InChI=1S/C21H35N5O2/c1-3-28-18-8-7-12-23-21(22-2)24-13-11-20(27)26-16-14-25(15-17-26)19-9-5-4-6-10-19/h4-6,9-10H,3,7-8,11-18H2,1-2H3,(H2,22,23,24). The number of amides is 1. The Morgan fingerprint density at radius 1 is 1.07 bits per heavy atom. The van der Waals surface area contributed by atoms with E-state index in [0.29, 0.717) is 13.0 Å². The van der Waals surface area contributed by atoms with E-state index in [0.717, 1.165) is 64.7 Å². The highest BCUT2D eigenvalue weighted by Gasteiger charge is 2.20. The normalized spacial score (nSPS) is 14.9. The van der Waals surface area contributed by atoms with Crippen molar-refractivity contribution in [2.45, 2.75) is 26.2 Å². The smallest absolute Gasteiger partial charge is 0.224 e. The second-order valence-corrected chi connectivity index (χ2v) is 6.78. The van der Waals surface area contributed by atoms with E-state index in [-0.39, 0.29) is 5.91 Å². The van der Waals surface area contributed by atoms with Crippen molar-refractivity contribution in [2.24, 2.45) is 4.99 Å². The maximum atomic E-state index is 12.5. The Bertz CT molecular complexity index is 586. The third-order valence-corrected chi connectivity index (χ3v) is 4.82. The minimum absolute atomic E-state index is 0.201. The van der Waals surface area contributed by atoms with Crippen molar-refractivity contribution < 1.29 is 9.53 Å². The molecule has 156 valence electrons. The Kier molecular flexibility index (Phi) is 10.2. The number of para-hydroxylation sites is 1. The number of nitrogens with zero attached hydrogens (tertiary/aromatic N) is 3. The molecule has 1 aromatic rings. The Morgan fingerprint density at radius 3 is 2.46 bits per heavy atom. The first kappa shape index (κ1) is 22.0. The second-order valence-electron chi connectivity index (χ2n) is 6.78. The van der Waals surface area contributed by atoms with Crippen molar-refractivity contribution in [3.8, 4) is 0 Å². The summed E-state index contributed by atoms with van der Waals surface area (Å²) < 4.78 is 5.33. The van der Waals surface area contributed by atoms with Crippen LogP contribution in [-0.4, -0.2) is 76.3 Å². The number of aliphatic imine (C=N–C) groups is 1. The van der Waals surface area contributed by atoms with Gasteiger partial charge in [0.1, 0.15) is 0 Å². The van der Waals surface area contributed by atoms with Gasteiger partial charge < -0.3 is 25.2 Å². The predicted octanol–water partition coefficient (Wildman–Crippen LogP) is 1.71. The molecule has 1 saturated heterocycles. The van der Waals surface area contributed by atoms with E-state index in [1.165, 1.54) is 5.69 Å². The molecule has 0 saturated carbocycles. The van der Waals surface area contributed by atoms with Crippen LogP contribution in [0, 0.1) is 0 Å². The number of nitrogens with one attached hydrogen (secondary N) is 2.